The van der Waals surface area contributed by atoms with Gasteiger partial charge in [-0.25, -0.2) is 4.79 Å². The third kappa shape index (κ3) is 14.1. The van der Waals surface area contributed by atoms with Gasteiger partial charge in [-0.05, 0) is 41.2 Å². The average molecular weight is 671 g/mol. The minimum Gasteiger partial charge on any atom is -0.489 e. The number of carbonyl (C=O) groups excluding carboxylic acids is 5. The Morgan fingerprint density at radius 2 is 1.20 bits per heavy atom. The van der Waals surface area contributed by atoms with Crippen molar-refractivity contribution in [1.29, 1.82) is 0 Å². The lowest BCUT2D eigenvalue weighted by molar-refractivity contribution is -0.149. The van der Waals surface area contributed by atoms with Crippen LogP contribution in [0.4, 0.5) is 0 Å². The fourth-order valence-electron chi connectivity index (χ4n) is 5.34. The minimum atomic E-state index is -0.999. The van der Waals surface area contributed by atoms with Gasteiger partial charge in [0, 0.05) is 37.0 Å². The highest BCUT2D eigenvalue weighted by atomic mass is 16.5. The van der Waals surface area contributed by atoms with Crippen molar-refractivity contribution in [2.75, 3.05) is 6.54 Å². The molecule has 0 saturated heterocycles. The van der Waals surface area contributed by atoms with Crippen LogP contribution in [-0.2, 0) is 48.3 Å². The lowest BCUT2D eigenvalue weighted by atomic mass is 9.90. The Balaban J connectivity index is 1.55. The molecule has 0 heterocycles. The second kappa shape index (κ2) is 19.9. The molecule has 0 aliphatic rings. The van der Waals surface area contributed by atoms with Crippen molar-refractivity contribution in [3.05, 3.63) is 102 Å². The maximum absolute atomic E-state index is 13.2. The quantitative estimate of drug-likeness (QED) is 0.141. The number of hydrogen-bond acceptors (Lipinski definition) is 7. The van der Waals surface area contributed by atoms with Crippen molar-refractivity contribution >= 4 is 29.4 Å². The van der Waals surface area contributed by atoms with Gasteiger partial charge in [0.2, 0.25) is 11.8 Å². The molecule has 3 aromatic rings. The number of amides is 2. The zero-order valence-electron chi connectivity index (χ0n) is 29.3. The molecule has 262 valence electrons. The zero-order chi connectivity index (χ0) is 35.8. The van der Waals surface area contributed by atoms with Crippen LogP contribution in [0.15, 0.2) is 84.9 Å². The predicted octanol–water partition coefficient (Wildman–Crippen LogP) is 6.03. The Bertz CT molecular complexity index is 1510. The van der Waals surface area contributed by atoms with Crippen LogP contribution in [0.1, 0.15) is 70.6 Å². The number of carbonyl (C=O) groups is 5. The number of Topliss-reactive ketones (excluding diaryl/α,β-unsaturated/α-hetero) is 2. The van der Waals surface area contributed by atoms with Crippen molar-refractivity contribution in [3.8, 4) is 5.75 Å². The number of esters is 1. The summed E-state index contributed by atoms with van der Waals surface area (Å²) in [5, 5.41) is 5.38. The third-order valence-electron chi connectivity index (χ3n) is 8.21. The third-order valence-corrected chi connectivity index (χ3v) is 8.21. The first-order chi connectivity index (χ1) is 23.4. The molecular formula is C40H50N2O7. The van der Waals surface area contributed by atoms with Crippen LogP contribution < -0.4 is 15.4 Å². The molecule has 0 saturated carbocycles. The van der Waals surface area contributed by atoms with Gasteiger partial charge < -0.3 is 20.1 Å². The van der Waals surface area contributed by atoms with E-state index in [1.165, 1.54) is 0 Å². The second-order valence-corrected chi connectivity index (χ2v) is 13.2. The number of ketones is 2. The van der Waals surface area contributed by atoms with E-state index in [2.05, 4.69) is 10.6 Å². The van der Waals surface area contributed by atoms with Crippen molar-refractivity contribution in [2.24, 2.45) is 23.7 Å². The first-order valence-corrected chi connectivity index (χ1v) is 17.0. The van der Waals surface area contributed by atoms with Crippen LogP contribution in [0, 0.1) is 23.7 Å². The average Bonchev–Trinajstić information content (AvgIpc) is 3.09. The molecule has 0 radical (unpaired) electrons. The Labute approximate surface area is 290 Å². The van der Waals surface area contributed by atoms with Crippen molar-refractivity contribution in [2.45, 2.75) is 79.6 Å². The number of nitrogens with one attached hydrogen (secondary N) is 2. The van der Waals surface area contributed by atoms with Gasteiger partial charge in [-0.2, -0.15) is 0 Å². The molecule has 3 rings (SSSR count). The summed E-state index contributed by atoms with van der Waals surface area (Å²) < 4.78 is 11.4. The van der Waals surface area contributed by atoms with Crippen LogP contribution in [0.3, 0.4) is 0 Å². The first kappa shape index (κ1) is 38.7. The SMILES string of the molecule is CC(C)C[C@H](C)C(=O)C[C@@H](C)C(=O)NCC(=O)C[C@@H](C)C(=O)N[C@@H](Cc1ccc(OCc2ccccc2)cc1)C(=O)OCc1ccccc1. The van der Waals surface area contributed by atoms with Crippen molar-refractivity contribution in [3.63, 3.8) is 0 Å². The van der Waals surface area contributed by atoms with Gasteiger partial charge in [-0.15, -0.1) is 0 Å². The zero-order valence-corrected chi connectivity index (χ0v) is 29.3. The molecule has 9 nitrogen and oxygen atoms in total. The molecule has 0 fully saturated rings. The Hall–Kier alpha value is -4.79. The topological polar surface area (TPSA) is 128 Å². The van der Waals surface area contributed by atoms with E-state index in [1.54, 1.807) is 13.8 Å². The Morgan fingerprint density at radius 3 is 1.80 bits per heavy atom. The fourth-order valence-corrected chi connectivity index (χ4v) is 5.34. The van der Waals surface area contributed by atoms with E-state index < -0.39 is 29.8 Å². The number of hydrogen-bond donors (Lipinski definition) is 2. The summed E-state index contributed by atoms with van der Waals surface area (Å²) in [4.78, 5) is 64.2. The van der Waals surface area contributed by atoms with Gasteiger partial charge in [0.05, 0.1) is 6.54 Å². The predicted molar refractivity (Wildman–Crippen MR) is 188 cm³/mol. The summed E-state index contributed by atoms with van der Waals surface area (Å²) in [6.07, 6.45) is 0.900. The summed E-state index contributed by atoms with van der Waals surface area (Å²) in [5.74, 6) is -2.19. The molecule has 2 N–H and O–H groups in total. The van der Waals surface area contributed by atoms with Gasteiger partial charge in [0.25, 0.3) is 0 Å². The molecule has 0 bridgehead atoms. The molecule has 0 aromatic heterocycles. The first-order valence-electron chi connectivity index (χ1n) is 17.0. The molecule has 3 aromatic carbocycles. The van der Waals surface area contributed by atoms with Crippen LogP contribution in [0.25, 0.3) is 0 Å². The summed E-state index contributed by atoms with van der Waals surface area (Å²) in [5.41, 5.74) is 2.64. The normalized spacial score (nSPS) is 13.4. The molecule has 0 spiro atoms. The van der Waals surface area contributed by atoms with Crippen molar-refractivity contribution < 1.29 is 33.4 Å². The largest absolute Gasteiger partial charge is 0.489 e. The fraction of sp³-hybridized carbons (Fsp3) is 0.425. The molecule has 4 atom stereocenters. The highest BCUT2D eigenvalue weighted by Crippen LogP contribution is 2.18. The van der Waals surface area contributed by atoms with Gasteiger partial charge in [0.15, 0.2) is 5.78 Å². The minimum absolute atomic E-state index is 0.0251. The van der Waals surface area contributed by atoms with E-state index in [4.69, 9.17) is 9.47 Å². The van der Waals surface area contributed by atoms with Crippen molar-refractivity contribution in [1.82, 2.24) is 10.6 Å². The van der Waals surface area contributed by atoms with Crippen LogP contribution in [-0.4, -0.2) is 41.9 Å². The van der Waals surface area contributed by atoms with Crippen LogP contribution in [0.5, 0.6) is 5.75 Å². The molecule has 0 aliphatic heterocycles. The van der Waals surface area contributed by atoms with E-state index in [0.29, 0.717) is 18.3 Å². The number of ether oxygens (including phenoxy) is 2. The molecular weight excluding hydrogens is 620 g/mol. The Morgan fingerprint density at radius 1 is 0.633 bits per heavy atom. The molecule has 49 heavy (non-hydrogen) atoms. The standard InChI is InChI=1S/C40H50N2O7/c1-27(2)20-28(3)37(44)22-30(5)38(45)41-24-34(43)21-29(4)39(46)42-36(40(47)49-26-33-14-10-7-11-15-33)23-31-16-18-35(19-17-31)48-25-32-12-8-6-9-13-32/h6-19,27-30,36H,20-26H2,1-5H3,(H,41,45)(H,42,46)/t28-,29+,30+,36-/m0/s1. The highest BCUT2D eigenvalue weighted by molar-refractivity contribution is 5.93. The van der Waals surface area contributed by atoms with Gasteiger partial charge in [-0.3, -0.25) is 19.2 Å². The summed E-state index contributed by atoms with van der Waals surface area (Å²) in [7, 11) is 0. The van der Waals surface area contributed by atoms with Gasteiger partial charge >= 0.3 is 5.97 Å². The molecule has 0 unspecified atom stereocenters. The summed E-state index contributed by atoms with van der Waals surface area (Å²) in [6, 6.07) is 25.3. The molecule has 0 aliphatic carbocycles. The van der Waals surface area contributed by atoms with Crippen LogP contribution in [0.2, 0.25) is 0 Å². The highest BCUT2D eigenvalue weighted by Gasteiger charge is 2.27. The summed E-state index contributed by atoms with van der Waals surface area (Å²) >= 11 is 0. The van der Waals surface area contributed by atoms with E-state index in [9.17, 15) is 24.0 Å². The van der Waals surface area contributed by atoms with E-state index in [1.807, 2.05) is 106 Å². The second-order valence-electron chi connectivity index (χ2n) is 13.2. The summed E-state index contributed by atoms with van der Waals surface area (Å²) in [6.45, 7) is 9.44. The van der Waals surface area contributed by atoms with Gasteiger partial charge in [-0.1, -0.05) is 107 Å². The number of benzene rings is 3. The van der Waals surface area contributed by atoms with Crippen LogP contribution >= 0.6 is 0 Å². The lowest BCUT2D eigenvalue weighted by Gasteiger charge is -2.20. The van der Waals surface area contributed by atoms with E-state index >= 15 is 0 Å². The molecule has 9 heteroatoms. The maximum atomic E-state index is 13.2. The Kier molecular flexibility index (Phi) is 15.7. The number of rotatable bonds is 20. The maximum Gasteiger partial charge on any atom is 0.329 e. The monoisotopic (exact) mass is 670 g/mol. The van der Waals surface area contributed by atoms with E-state index in [0.717, 1.165) is 23.1 Å². The van der Waals surface area contributed by atoms with Gasteiger partial charge in [0.1, 0.15) is 30.8 Å². The lowest BCUT2D eigenvalue weighted by Crippen LogP contribution is -2.46. The molecule has 2 amide bonds. The van der Waals surface area contributed by atoms with E-state index in [-0.39, 0.29) is 55.8 Å². The smallest absolute Gasteiger partial charge is 0.329 e.